The number of hydrogen-bond acceptors (Lipinski definition) is 7. The predicted octanol–water partition coefficient (Wildman–Crippen LogP) is -0.790. The van der Waals surface area contributed by atoms with Gasteiger partial charge in [-0.15, -0.1) is 0 Å². The summed E-state index contributed by atoms with van der Waals surface area (Å²) < 4.78 is 0. The van der Waals surface area contributed by atoms with E-state index in [0.717, 1.165) is 16.5 Å². The molecule has 0 saturated carbocycles. The van der Waals surface area contributed by atoms with E-state index in [1.54, 1.807) is 18.3 Å². The Morgan fingerprint density at radius 3 is 2.33 bits per heavy atom. The number of carboxylic acids is 1. The van der Waals surface area contributed by atoms with Gasteiger partial charge >= 0.3 is 5.97 Å². The molecule has 12 N–H and O–H groups in total. The number of benzene rings is 2. The number of hydrogen-bond donors (Lipinski definition) is 9. The zero-order valence-electron chi connectivity index (χ0n) is 22.9. The Morgan fingerprint density at radius 1 is 0.929 bits per heavy atom. The van der Waals surface area contributed by atoms with Crippen molar-refractivity contribution in [1.82, 2.24) is 20.9 Å². The first kappa shape index (κ1) is 31.4. The molecule has 0 bridgehead atoms. The quantitative estimate of drug-likeness (QED) is 0.0619. The van der Waals surface area contributed by atoms with Crippen LogP contribution in [0.25, 0.3) is 10.9 Å². The molecule has 14 nitrogen and oxygen atoms in total. The van der Waals surface area contributed by atoms with Crippen molar-refractivity contribution >= 4 is 40.6 Å². The molecule has 2 aromatic carbocycles. The smallest absolute Gasteiger partial charge is 0.326 e. The summed E-state index contributed by atoms with van der Waals surface area (Å²) in [6, 6.07) is 9.98. The van der Waals surface area contributed by atoms with Crippen molar-refractivity contribution in [3.63, 3.8) is 0 Å². The van der Waals surface area contributed by atoms with Gasteiger partial charge in [0.05, 0.1) is 12.6 Å². The molecule has 0 radical (unpaired) electrons. The molecule has 0 aliphatic heterocycles. The van der Waals surface area contributed by atoms with E-state index < -0.39 is 48.4 Å². The van der Waals surface area contributed by atoms with Crippen molar-refractivity contribution in [2.45, 2.75) is 43.8 Å². The minimum absolute atomic E-state index is 0.0233. The van der Waals surface area contributed by atoms with E-state index >= 15 is 0 Å². The van der Waals surface area contributed by atoms with Crippen molar-refractivity contribution in [1.29, 1.82) is 0 Å². The molecule has 1 aromatic heterocycles. The van der Waals surface area contributed by atoms with Gasteiger partial charge in [0, 0.05) is 36.5 Å². The van der Waals surface area contributed by atoms with Gasteiger partial charge in [-0.25, -0.2) is 4.79 Å². The van der Waals surface area contributed by atoms with E-state index in [9.17, 15) is 29.4 Å². The molecule has 1 heterocycles. The first-order valence-electron chi connectivity index (χ1n) is 13.3. The second-order valence-corrected chi connectivity index (χ2v) is 9.73. The zero-order valence-corrected chi connectivity index (χ0v) is 22.9. The number of phenolic OH excluding ortho intramolecular Hbond substituents is 1. The minimum Gasteiger partial charge on any atom is -0.508 e. The van der Waals surface area contributed by atoms with Crippen LogP contribution in [0.1, 0.15) is 24.0 Å². The Labute approximate surface area is 241 Å². The Balaban J connectivity index is 1.68. The number of aromatic nitrogens is 1. The molecule has 0 fully saturated rings. The third-order valence-electron chi connectivity index (χ3n) is 6.47. The van der Waals surface area contributed by atoms with E-state index in [1.165, 1.54) is 12.1 Å². The maximum absolute atomic E-state index is 13.4. The second-order valence-electron chi connectivity index (χ2n) is 9.73. The summed E-state index contributed by atoms with van der Waals surface area (Å²) in [5, 5.41) is 27.7. The lowest BCUT2D eigenvalue weighted by Crippen LogP contribution is -2.54. The maximum atomic E-state index is 13.4. The fourth-order valence-electron chi connectivity index (χ4n) is 4.26. The summed E-state index contributed by atoms with van der Waals surface area (Å²) in [6.07, 6.45) is 2.46. The van der Waals surface area contributed by atoms with Crippen LogP contribution in [0.2, 0.25) is 0 Å². The van der Waals surface area contributed by atoms with Crippen molar-refractivity contribution in [2.75, 3.05) is 13.1 Å². The van der Waals surface area contributed by atoms with Crippen LogP contribution in [-0.4, -0.2) is 76.1 Å². The molecule has 0 aliphatic carbocycles. The summed E-state index contributed by atoms with van der Waals surface area (Å²) in [7, 11) is 0. The molecule has 3 atom stereocenters. The highest BCUT2D eigenvalue weighted by Crippen LogP contribution is 2.19. The Morgan fingerprint density at radius 2 is 1.64 bits per heavy atom. The van der Waals surface area contributed by atoms with E-state index in [4.69, 9.17) is 17.2 Å². The number of fused-ring (bicyclic) bond motifs is 1. The van der Waals surface area contributed by atoms with Gasteiger partial charge in [0.15, 0.2) is 5.96 Å². The number of aliphatic carboxylic acids is 1. The van der Waals surface area contributed by atoms with E-state index in [0.29, 0.717) is 18.5 Å². The number of nitrogens with two attached hydrogens (primary N) is 3. The number of nitrogens with zero attached hydrogens (tertiary/aromatic N) is 1. The summed E-state index contributed by atoms with van der Waals surface area (Å²) in [5.74, 6) is -3.26. The zero-order chi connectivity index (χ0) is 30.6. The van der Waals surface area contributed by atoms with Gasteiger partial charge in [0.1, 0.15) is 17.8 Å². The minimum atomic E-state index is -1.30. The molecule has 224 valence electrons. The monoisotopic (exact) mass is 580 g/mol. The third kappa shape index (κ3) is 9.52. The van der Waals surface area contributed by atoms with Crippen LogP contribution in [0.5, 0.6) is 5.75 Å². The molecule has 0 aliphatic rings. The number of aromatic hydroxyl groups is 1. The number of carbonyl (C=O) groups excluding carboxylic acids is 3. The number of para-hydroxylation sites is 1. The topological polar surface area (TPSA) is 251 Å². The van der Waals surface area contributed by atoms with Crippen LogP contribution in [0.4, 0.5) is 0 Å². The van der Waals surface area contributed by atoms with Crippen molar-refractivity contribution in [3.8, 4) is 5.75 Å². The lowest BCUT2D eigenvalue weighted by Gasteiger charge is -2.22. The van der Waals surface area contributed by atoms with Crippen LogP contribution < -0.4 is 33.2 Å². The summed E-state index contributed by atoms with van der Waals surface area (Å²) in [6.45, 7) is -0.146. The molecule has 3 unspecified atom stereocenters. The van der Waals surface area contributed by atoms with Crippen molar-refractivity contribution < 1.29 is 29.4 Å². The van der Waals surface area contributed by atoms with E-state index in [1.807, 2.05) is 24.3 Å². The van der Waals surface area contributed by atoms with Crippen molar-refractivity contribution in [2.24, 2.45) is 22.2 Å². The molecule has 14 heteroatoms. The summed E-state index contributed by atoms with van der Waals surface area (Å²) in [5.41, 5.74) is 18.5. The number of guanidine groups is 1. The first-order valence-corrected chi connectivity index (χ1v) is 13.3. The molecule has 42 heavy (non-hydrogen) atoms. The number of H-pyrrole nitrogens is 1. The van der Waals surface area contributed by atoms with Gasteiger partial charge in [0.2, 0.25) is 17.7 Å². The highest BCUT2D eigenvalue weighted by atomic mass is 16.4. The number of nitrogens with one attached hydrogen (secondary N) is 4. The molecular formula is C28H36N8O6. The highest BCUT2D eigenvalue weighted by molar-refractivity contribution is 5.93. The number of carboxylic acid groups (broad SMARTS) is 1. The van der Waals surface area contributed by atoms with Gasteiger partial charge in [-0.1, -0.05) is 30.3 Å². The van der Waals surface area contributed by atoms with Gasteiger partial charge < -0.3 is 48.3 Å². The molecule has 3 amide bonds. The molecule has 0 saturated heterocycles. The fourth-order valence-corrected chi connectivity index (χ4v) is 4.26. The highest BCUT2D eigenvalue weighted by Gasteiger charge is 2.28. The SMILES string of the molecule is NC(N)=NCCCC(N)C(=O)NCC(=O)NC(Cc1c[nH]c2ccccc12)C(=O)NC(Cc1ccc(O)cc1)C(=O)O. The Bertz CT molecular complexity index is 1420. The largest absolute Gasteiger partial charge is 0.508 e. The molecular weight excluding hydrogens is 544 g/mol. The van der Waals surface area contributed by atoms with Gasteiger partial charge in [0.25, 0.3) is 0 Å². The fraction of sp³-hybridized carbons (Fsp3) is 0.321. The lowest BCUT2D eigenvalue weighted by molar-refractivity contribution is -0.142. The molecule has 0 spiro atoms. The average molecular weight is 581 g/mol. The van der Waals surface area contributed by atoms with Crippen LogP contribution in [-0.2, 0) is 32.0 Å². The van der Waals surface area contributed by atoms with Gasteiger partial charge in [-0.2, -0.15) is 0 Å². The van der Waals surface area contributed by atoms with Crippen LogP contribution in [0.15, 0.2) is 59.7 Å². The van der Waals surface area contributed by atoms with Gasteiger partial charge in [-0.3, -0.25) is 19.4 Å². The lowest BCUT2D eigenvalue weighted by atomic mass is 10.0. The van der Waals surface area contributed by atoms with E-state index in [2.05, 4.69) is 25.9 Å². The van der Waals surface area contributed by atoms with Crippen LogP contribution in [0.3, 0.4) is 0 Å². The van der Waals surface area contributed by atoms with E-state index in [-0.39, 0.29) is 31.0 Å². The molecule has 3 rings (SSSR count). The average Bonchev–Trinajstić information content (AvgIpc) is 3.36. The Kier molecular flexibility index (Phi) is 11.3. The maximum Gasteiger partial charge on any atom is 0.326 e. The standard InChI is InChI=1S/C28H36N8O6/c29-20(5-3-11-32-28(30)31)25(39)34-15-24(38)35-22(13-17-14-33-21-6-2-1-4-19(17)21)26(40)36-23(27(41)42)12-16-7-9-18(37)10-8-16/h1-2,4,6-10,14,20,22-23,33,37H,3,5,11-13,15,29H2,(H,34,39)(H,35,38)(H,36,40)(H,41,42)(H4,30,31,32). The Hall–Kier alpha value is -5.11. The first-order chi connectivity index (χ1) is 20.0. The van der Waals surface area contributed by atoms with Crippen molar-refractivity contribution in [3.05, 3.63) is 65.9 Å². The normalized spacial score (nSPS) is 13.0. The second kappa shape index (κ2) is 15.0. The number of aromatic amines is 1. The third-order valence-corrected chi connectivity index (χ3v) is 6.47. The number of carbonyl (C=O) groups is 4. The number of phenols is 1. The summed E-state index contributed by atoms with van der Waals surface area (Å²) in [4.78, 5) is 57.4. The number of aliphatic imine (C=N–C) groups is 1. The number of amides is 3. The predicted molar refractivity (Wildman–Crippen MR) is 156 cm³/mol. The molecule has 3 aromatic rings. The summed E-state index contributed by atoms with van der Waals surface area (Å²) >= 11 is 0. The number of rotatable bonds is 15. The van der Waals surface area contributed by atoms with Crippen LogP contribution in [0, 0.1) is 0 Å². The van der Waals surface area contributed by atoms with Gasteiger partial charge in [-0.05, 0) is 42.2 Å². The van der Waals surface area contributed by atoms with Crippen LogP contribution >= 0.6 is 0 Å².